The van der Waals surface area contributed by atoms with E-state index < -0.39 is 26.1 Å². The number of Topliss-reactive ketones (excluding diaryl/α,β-unsaturated/α-hetero) is 1. The third kappa shape index (κ3) is 4.98. The Morgan fingerprint density at radius 1 is 1.11 bits per heavy atom. The average Bonchev–Trinajstić information content (AvgIpc) is 3.19. The zero-order valence-corrected chi connectivity index (χ0v) is 26.1. The first-order valence-corrected chi connectivity index (χ1v) is 16.4. The molecule has 0 spiro atoms. The van der Waals surface area contributed by atoms with Crippen LogP contribution in [0.2, 0.25) is 17.6 Å². The molecule has 0 amide bonds. The van der Waals surface area contributed by atoms with E-state index in [-0.39, 0.29) is 30.0 Å². The minimum absolute atomic E-state index is 0.0913. The molecule has 1 saturated carbocycles. The van der Waals surface area contributed by atoms with E-state index in [1.165, 1.54) is 7.11 Å². The van der Waals surface area contributed by atoms with Crippen LogP contribution < -0.4 is 0 Å². The summed E-state index contributed by atoms with van der Waals surface area (Å²) in [6.45, 7) is 12.9. The van der Waals surface area contributed by atoms with Gasteiger partial charge in [0.25, 0.3) is 0 Å². The number of rotatable bonds is 12. The van der Waals surface area contributed by atoms with Gasteiger partial charge < -0.3 is 23.4 Å². The van der Waals surface area contributed by atoms with Crippen LogP contribution >= 0.6 is 0 Å². The molecule has 3 aliphatic carbocycles. The summed E-state index contributed by atoms with van der Waals surface area (Å²) in [5.74, 6) is 0.00354. The molecule has 214 valence electrons. The van der Waals surface area contributed by atoms with Crippen molar-refractivity contribution in [1.82, 2.24) is 0 Å². The second kappa shape index (κ2) is 12.2. The normalized spacial score (nSPS) is 25.4. The number of carbonyl (C=O) groups excluding carboxylic acids is 2. The number of esters is 1. The minimum Gasteiger partial charge on any atom is -0.501 e. The molecule has 0 unspecified atom stereocenters. The zero-order chi connectivity index (χ0) is 28.4. The Morgan fingerprint density at radius 3 is 2.24 bits per heavy atom. The maximum absolute atomic E-state index is 14.0. The Bertz CT molecular complexity index is 1000. The first-order chi connectivity index (χ1) is 18.0. The molecule has 0 radical (unpaired) electrons. The highest BCUT2D eigenvalue weighted by Crippen LogP contribution is 2.59. The van der Waals surface area contributed by atoms with Crippen molar-refractivity contribution in [3.63, 3.8) is 0 Å². The molecule has 0 aromatic rings. The van der Waals surface area contributed by atoms with Gasteiger partial charge in [-0.15, -0.1) is 0 Å². The number of methoxy groups -OCH3 is 4. The Morgan fingerprint density at radius 2 is 1.74 bits per heavy atom. The Balaban J connectivity index is 2.23. The molecule has 8 heteroatoms. The van der Waals surface area contributed by atoms with E-state index in [4.69, 9.17) is 23.4 Å². The van der Waals surface area contributed by atoms with Gasteiger partial charge in [-0.25, -0.2) is 0 Å². The van der Waals surface area contributed by atoms with E-state index in [1.54, 1.807) is 21.3 Å². The van der Waals surface area contributed by atoms with Crippen molar-refractivity contribution in [2.45, 2.75) is 97.2 Å². The van der Waals surface area contributed by atoms with Crippen LogP contribution in [0.5, 0.6) is 0 Å². The lowest BCUT2D eigenvalue weighted by Gasteiger charge is -2.50. The quantitative estimate of drug-likeness (QED) is 0.165. The van der Waals surface area contributed by atoms with Crippen molar-refractivity contribution in [2.24, 2.45) is 17.3 Å². The summed E-state index contributed by atoms with van der Waals surface area (Å²) >= 11 is 0. The van der Waals surface area contributed by atoms with Crippen molar-refractivity contribution in [3.8, 4) is 0 Å². The maximum Gasteiger partial charge on any atom is 0.312 e. The molecule has 7 nitrogen and oxygen atoms in total. The summed E-state index contributed by atoms with van der Waals surface area (Å²) in [6, 6.07) is 1.90. The molecule has 0 aliphatic heterocycles. The Hall–Kier alpha value is -1.74. The number of hydrogen-bond donors (Lipinski definition) is 0. The van der Waals surface area contributed by atoms with Gasteiger partial charge in [-0.1, -0.05) is 40.2 Å². The fourth-order valence-electron chi connectivity index (χ4n) is 7.39. The summed E-state index contributed by atoms with van der Waals surface area (Å²) in [5, 5.41) is 0. The molecule has 4 atom stereocenters. The van der Waals surface area contributed by atoms with Crippen molar-refractivity contribution < 1.29 is 33.0 Å². The van der Waals surface area contributed by atoms with Crippen LogP contribution in [0.4, 0.5) is 0 Å². The highest BCUT2D eigenvalue weighted by atomic mass is 28.4. The Labute approximate surface area is 230 Å². The van der Waals surface area contributed by atoms with Crippen LogP contribution in [-0.2, 0) is 33.0 Å². The van der Waals surface area contributed by atoms with E-state index in [0.717, 1.165) is 40.1 Å². The van der Waals surface area contributed by atoms with Gasteiger partial charge in [-0.05, 0) is 54.6 Å². The van der Waals surface area contributed by atoms with Crippen molar-refractivity contribution >= 4 is 20.1 Å². The van der Waals surface area contributed by atoms with Gasteiger partial charge >= 0.3 is 5.97 Å². The van der Waals surface area contributed by atoms with Gasteiger partial charge in [-0.3, -0.25) is 9.59 Å². The van der Waals surface area contributed by atoms with Gasteiger partial charge in [0, 0.05) is 44.5 Å². The summed E-state index contributed by atoms with van der Waals surface area (Å²) in [4.78, 5) is 27.6. The predicted octanol–water partition coefficient (Wildman–Crippen LogP) is 6.11. The minimum atomic E-state index is -2.21. The topological polar surface area (TPSA) is 80.3 Å². The van der Waals surface area contributed by atoms with Crippen LogP contribution in [0.15, 0.2) is 34.1 Å². The molecule has 0 aromatic heterocycles. The largest absolute Gasteiger partial charge is 0.501 e. The number of ketones is 1. The first kappa shape index (κ1) is 30.8. The third-order valence-corrected chi connectivity index (χ3v) is 15.0. The van der Waals surface area contributed by atoms with E-state index in [0.29, 0.717) is 24.8 Å². The lowest BCUT2D eigenvalue weighted by Crippen LogP contribution is -2.57. The van der Waals surface area contributed by atoms with Crippen molar-refractivity contribution in [1.29, 1.82) is 0 Å². The summed E-state index contributed by atoms with van der Waals surface area (Å²) in [6.07, 6.45) is 2.99. The van der Waals surface area contributed by atoms with E-state index in [9.17, 15) is 9.59 Å². The number of hydrogen-bond acceptors (Lipinski definition) is 7. The molecule has 0 aromatic carbocycles. The van der Waals surface area contributed by atoms with Crippen molar-refractivity contribution in [3.05, 3.63) is 34.1 Å². The number of ether oxygens (including phenoxy) is 4. The smallest absolute Gasteiger partial charge is 0.312 e. The fraction of sp³-hybridized carbons (Fsp3) is 0.733. The molecular weight excluding hydrogens is 500 g/mol. The van der Waals surface area contributed by atoms with Gasteiger partial charge in [0.2, 0.25) is 0 Å². The lowest BCUT2D eigenvalue weighted by atomic mass is 9.57. The second-order valence-electron chi connectivity index (χ2n) is 11.4. The number of allylic oxidation sites excluding steroid dienone is 5. The van der Waals surface area contributed by atoms with Crippen molar-refractivity contribution in [2.75, 3.05) is 28.4 Å². The van der Waals surface area contributed by atoms with Crippen LogP contribution in [0, 0.1) is 17.3 Å². The Kier molecular flexibility index (Phi) is 9.88. The van der Waals surface area contributed by atoms with Crippen LogP contribution in [0.25, 0.3) is 0 Å². The SMILES string of the molecule is CC[Si](CC)(O[C@@H](C(OC)OC)[C@@H](C)[C@]1(C(=O)OC)CCC2=C3C(=C(C)CC(OC)=C2)C(=O)C[C@@H]31)C(C)C. The van der Waals surface area contributed by atoms with Gasteiger partial charge in [0.1, 0.15) is 0 Å². The zero-order valence-electron chi connectivity index (χ0n) is 25.1. The first-order valence-electron chi connectivity index (χ1n) is 14.0. The lowest BCUT2D eigenvalue weighted by molar-refractivity contribution is -0.198. The molecule has 3 rings (SSSR count). The fourth-order valence-corrected chi connectivity index (χ4v) is 11.0. The highest BCUT2D eigenvalue weighted by molar-refractivity contribution is 6.75. The third-order valence-electron chi connectivity index (χ3n) is 9.75. The molecule has 0 N–H and O–H groups in total. The van der Waals surface area contributed by atoms with Crippen LogP contribution in [0.1, 0.15) is 67.2 Å². The van der Waals surface area contributed by atoms with Gasteiger partial charge in [0.15, 0.2) is 20.4 Å². The molecule has 0 heterocycles. The average molecular weight is 549 g/mol. The summed E-state index contributed by atoms with van der Waals surface area (Å²) < 4.78 is 30.0. The number of carbonyl (C=O) groups is 2. The molecule has 0 saturated heterocycles. The highest BCUT2D eigenvalue weighted by Gasteiger charge is 2.61. The standard InChI is InChI=1S/C30H48O7Si/c1-11-38(12-2,18(3)4)37-27(28(34-8)35-9)20(6)30(29(32)36-10)14-13-21-16-22(33-7)15-19(5)25-24(31)17-23(30)26(21)25/h16,18,20,23,27-28H,11-15,17H2,1-10H3/t20-,23+,27-,30-/m1/s1. The van der Waals surface area contributed by atoms with E-state index in [1.807, 2.05) is 6.92 Å². The van der Waals surface area contributed by atoms with E-state index in [2.05, 4.69) is 40.7 Å². The molecule has 1 fully saturated rings. The maximum atomic E-state index is 14.0. The summed E-state index contributed by atoms with van der Waals surface area (Å²) in [5.41, 5.74) is 3.26. The summed E-state index contributed by atoms with van der Waals surface area (Å²) in [7, 11) is 4.14. The molecule has 0 bridgehead atoms. The molecule has 3 aliphatic rings. The van der Waals surface area contributed by atoms with Crippen LogP contribution in [0.3, 0.4) is 0 Å². The van der Waals surface area contributed by atoms with Gasteiger partial charge in [0.05, 0.1) is 31.5 Å². The van der Waals surface area contributed by atoms with Gasteiger partial charge in [-0.2, -0.15) is 0 Å². The molecular formula is C30H48O7Si. The molecule has 38 heavy (non-hydrogen) atoms. The predicted molar refractivity (Wildman–Crippen MR) is 150 cm³/mol. The van der Waals surface area contributed by atoms with Crippen LogP contribution in [-0.4, -0.2) is 60.9 Å². The van der Waals surface area contributed by atoms with E-state index >= 15 is 0 Å². The monoisotopic (exact) mass is 548 g/mol. The second-order valence-corrected chi connectivity index (χ2v) is 16.4.